The van der Waals surface area contributed by atoms with Crippen molar-refractivity contribution in [1.29, 1.82) is 0 Å². The van der Waals surface area contributed by atoms with Crippen LogP contribution in [0.25, 0.3) is 0 Å². The number of pyridine rings is 2. The molecule has 1 amide bonds. The molecule has 0 bridgehead atoms. The van der Waals surface area contributed by atoms with Gasteiger partial charge in [-0.1, -0.05) is 6.07 Å². The Labute approximate surface area is 186 Å². The lowest BCUT2D eigenvalue weighted by molar-refractivity contribution is -0.132. The molecule has 0 saturated carbocycles. The van der Waals surface area contributed by atoms with Crippen molar-refractivity contribution in [3.05, 3.63) is 88.4 Å². The van der Waals surface area contributed by atoms with Crippen molar-refractivity contribution < 1.29 is 9.18 Å². The van der Waals surface area contributed by atoms with Crippen LogP contribution in [0.3, 0.4) is 0 Å². The number of hydrogen-bond donors (Lipinski definition) is 1. The Morgan fingerprint density at radius 1 is 1.16 bits per heavy atom. The Balaban J connectivity index is 1.42. The van der Waals surface area contributed by atoms with Crippen LogP contribution in [0.15, 0.2) is 65.6 Å². The zero-order valence-corrected chi connectivity index (χ0v) is 18.1. The van der Waals surface area contributed by atoms with Gasteiger partial charge in [0.2, 0.25) is 5.91 Å². The first kappa shape index (κ1) is 21.7. The number of aromatic nitrogens is 2. The number of carbonyl (C=O) groups is 1. The van der Waals surface area contributed by atoms with Crippen molar-refractivity contribution in [2.24, 2.45) is 0 Å². The molecule has 1 saturated heterocycles. The second-order valence-electron chi connectivity index (χ2n) is 8.22. The Hall–Kier alpha value is -3.48. The van der Waals surface area contributed by atoms with Gasteiger partial charge >= 0.3 is 0 Å². The molecule has 2 aromatic heterocycles. The van der Waals surface area contributed by atoms with E-state index in [1.807, 2.05) is 24.0 Å². The second kappa shape index (κ2) is 9.77. The van der Waals surface area contributed by atoms with Gasteiger partial charge in [-0.15, -0.1) is 0 Å². The Bertz CT molecular complexity index is 1140. The van der Waals surface area contributed by atoms with E-state index < -0.39 is 0 Å². The number of rotatable bonds is 6. The summed E-state index contributed by atoms with van der Waals surface area (Å²) in [4.78, 5) is 31.3. The number of benzene rings is 1. The van der Waals surface area contributed by atoms with E-state index in [4.69, 9.17) is 4.98 Å². The maximum absolute atomic E-state index is 13.2. The smallest absolute Gasteiger partial charge is 0.250 e. The first-order valence-electron chi connectivity index (χ1n) is 10.9. The molecule has 3 aromatic rings. The standard InChI is InChI=1S/C25H27FN4O2/c1-18-15-22(28-21-9-7-20(26)8-10-21)16-23(27-18)19-5-4-13-30(17-19)25(32)11-14-29-12-3-2-6-24(29)31/h2-3,6-10,12,15-16,19H,4-5,11,13-14,17H2,1H3,(H,27,28)/t19-/m0/s1. The highest BCUT2D eigenvalue weighted by Crippen LogP contribution is 2.29. The molecule has 1 aliphatic heterocycles. The average Bonchev–Trinajstić information content (AvgIpc) is 2.79. The van der Waals surface area contributed by atoms with Crippen molar-refractivity contribution in [3.63, 3.8) is 0 Å². The highest BCUT2D eigenvalue weighted by Gasteiger charge is 2.26. The molecule has 1 N–H and O–H groups in total. The maximum atomic E-state index is 13.2. The van der Waals surface area contributed by atoms with Gasteiger partial charge in [0.05, 0.1) is 0 Å². The monoisotopic (exact) mass is 434 g/mol. The van der Waals surface area contributed by atoms with Gasteiger partial charge in [0.15, 0.2) is 0 Å². The molecule has 32 heavy (non-hydrogen) atoms. The molecule has 1 aliphatic rings. The van der Waals surface area contributed by atoms with E-state index in [0.29, 0.717) is 19.5 Å². The minimum absolute atomic E-state index is 0.0581. The van der Waals surface area contributed by atoms with E-state index in [1.54, 1.807) is 35.0 Å². The number of halogens is 1. The zero-order valence-electron chi connectivity index (χ0n) is 18.1. The minimum Gasteiger partial charge on any atom is -0.355 e. The van der Waals surface area contributed by atoms with Crippen molar-refractivity contribution in [2.75, 3.05) is 18.4 Å². The molecule has 4 rings (SSSR count). The normalized spacial score (nSPS) is 16.1. The van der Waals surface area contributed by atoms with E-state index in [9.17, 15) is 14.0 Å². The topological polar surface area (TPSA) is 67.2 Å². The van der Waals surface area contributed by atoms with Crippen LogP contribution in [0, 0.1) is 12.7 Å². The number of nitrogens with zero attached hydrogens (tertiary/aromatic N) is 3. The van der Waals surface area contributed by atoms with Crippen LogP contribution in [-0.2, 0) is 11.3 Å². The van der Waals surface area contributed by atoms with Crippen molar-refractivity contribution in [3.8, 4) is 0 Å². The number of likely N-dealkylation sites (tertiary alicyclic amines) is 1. The Morgan fingerprint density at radius 3 is 2.75 bits per heavy atom. The first-order valence-corrected chi connectivity index (χ1v) is 10.9. The number of nitrogens with one attached hydrogen (secondary N) is 1. The fourth-order valence-electron chi connectivity index (χ4n) is 4.14. The Morgan fingerprint density at radius 2 is 1.97 bits per heavy atom. The number of hydrogen-bond acceptors (Lipinski definition) is 4. The third kappa shape index (κ3) is 5.41. The molecule has 0 aliphatic carbocycles. The maximum Gasteiger partial charge on any atom is 0.250 e. The van der Waals surface area contributed by atoms with E-state index in [2.05, 4.69) is 5.32 Å². The molecular weight excluding hydrogens is 407 g/mol. The molecule has 0 radical (unpaired) electrons. The highest BCUT2D eigenvalue weighted by atomic mass is 19.1. The second-order valence-corrected chi connectivity index (χ2v) is 8.22. The summed E-state index contributed by atoms with van der Waals surface area (Å²) in [7, 11) is 0. The number of piperidine rings is 1. The summed E-state index contributed by atoms with van der Waals surface area (Å²) in [6, 6.07) is 15.2. The van der Waals surface area contributed by atoms with E-state index in [-0.39, 0.29) is 23.2 Å². The molecule has 0 unspecified atom stereocenters. The summed E-state index contributed by atoms with van der Waals surface area (Å²) in [6.07, 6.45) is 3.89. The van der Waals surface area contributed by atoms with Crippen LogP contribution in [0.5, 0.6) is 0 Å². The quantitative estimate of drug-likeness (QED) is 0.631. The van der Waals surface area contributed by atoms with E-state index >= 15 is 0 Å². The van der Waals surface area contributed by atoms with Gasteiger partial charge in [-0.05, 0) is 62.2 Å². The third-order valence-electron chi connectivity index (χ3n) is 5.76. The molecule has 7 heteroatoms. The fraction of sp³-hybridized carbons (Fsp3) is 0.320. The van der Waals surface area contributed by atoms with Gasteiger partial charge in [0.1, 0.15) is 5.82 Å². The fourth-order valence-corrected chi connectivity index (χ4v) is 4.14. The van der Waals surface area contributed by atoms with Crippen LogP contribution in [0.1, 0.15) is 36.6 Å². The van der Waals surface area contributed by atoms with E-state index in [1.165, 1.54) is 18.2 Å². The van der Waals surface area contributed by atoms with Gasteiger partial charge in [0.25, 0.3) is 5.56 Å². The van der Waals surface area contributed by atoms with E-state index in [0.717, 1.165) is 42.1 Å². The summed E-state index contributed by atoms with van der Waals surface area (Å²) in [5.41, 5.74) is 3.44. The summed E-state index contributed by atoms with van der Waals surface area (Å²) in [6.45, 7) is 3.68. The largest absolute Gasteiger partial charge is 0.355 e. The highest BCUT2D eigenvalue weighted by molar-refractivity contribution is 5.76. The number of carbonyl (C=O) groups excluding carboxylic acids is 1. The van der Waals surface area contributed by atoms with Crippen molar-refractivity contribution in [1.82, 2.24) is 14.5 Å². The average molecular weight is 435 g/mol. The molecular formula is C25H27FN4O2. The summed E-state index contributed by atoms with van der Waals surface area (Å²) < 4.78 is 14.7. The lowest BCUT2D eigenvalue weighted by Crippen LogP contribution is -2.40. The number of amides is 1. The Kier molecular flexibility index (Phi) is 6.63. The molecule has 0 spiro atoms. The minimum atomic E-state index is -0.272. The molecule has 6 nitrogen and oxygen atoms in total. The number of aryl methyl sites for hydroxylation is 2. The van der Waals surface area contributed by atoms with Gasteiger partial charge < -0.3 is 14.8 Å². The van der Waals surface area contributed by atoms with Gasteiger partial charge in [-0.3, -0.25) is 14.6 Å². The first-order chi connectivity index (χ1) is 15.5. The molecule has 1 fully saturated rings. The van der Waals surface area contributed by atoms with Crippen molar-refractivity contribution in [2.45, 2.75) is 38.6 Å². The van der Waals surface area contributed by atoms with Crippen LogP contribution in [0.4, 0.5) is 15.8 Å². The van der Waals surface area contributed by atoms with Crippen LogP contribution >= 0.6 is 0 Å². The predicted octanol–water partition coefficient (Wildman–Crippen LogP) is 4.23. The van der Waals surface area contributed by atoms with Gasteiger partial charge in [0, 0.05) is 67.0 Å². The third-order valence-corrected chi connectivity index (χ3v) is 5.76. The summed E-state index contributed by atoms with van der Waals surface area (Å²) >= 11 is 0. The van der Waals surface area contributed by atoms with Crippen LogP contribution in [-0.4, -0.2) is 33.4 Å². The SMILES string of the molecule is Cc1cc(Nc2ccc(F)cc2)cc([C@H]2CCCN(C(=O)CCn3ccccc3=O)C2)n1. The predicted molar refractivity (Wildman–Crippen MR) is 123 cm³/mol. The van der Waals surface area contributed by atoms with Crippen molar-refractivity contribution >= 4 is 17.3 Å². The molecule has 3 heterocycles. The zero-order chi connectivity index (χ0) is 22.5. The summed E-state index contributed by atoms with van der Waals surface area (Å²) in [5.74, 6) is -0.0603. The lowest BCUT2D eigenvalue weighted by atomic mass is 9.93. The molecule has 1 atom stereocenters. The molecule has 1 aromatic carbocycles. The number of anilines is 2. The molecule has 166 valence electrons. The van der Waals surface area contributed by atoms with Gasteiger partial charge in [-0.25, -0.2) is 4.39 Å². The lowest BCUT2D eigenvalue weighted by Gasteiger charge is -2.33. The summed E-state index contributed by atoms with van der Waals surface area (Å²) in [5, 5.41) is 3.31. The van der Waals surface area contributed by atoms with Crippen LogP contribution in [0.2, 0.25) is 0 Å². The van der Waals surface area contributed by atoms with Crippen LogP contribution < -0.4 is 10.9 Å². The van der Waals surface area contributed by atoms with Gasteiger partial charge in [-0.2, -0.15) is 0 Å².